The molecule has 1 amide bonds. The average Bonchev–Trinajstić information content (AvgIpc) is 3.22. The number of nitrogens with one attached hydrogen (secondary N) is 1. The number of benzene rings is 2. The van der Waals surface area contributed by atoms with Crippen LogP contribution < -0.4 is 19.5 Å². The van der Waals surface area contributed by atoms with Crippen molar-refractivity contribution < 1.29 is 19.0 Å². The highest BCUT2D eigenvalue weighted by Crippen LogP contribution is 2.32. The van der Waals surface area contributed by atoms with E-state index in [1.165, 1.54) is 5.56 Å². The normalized spacial score (nSPS) is 16.6. The first-order valence-electron chi connectivity index (χ1n) is 9.93. The molecule has 0 aromatic heterocycles. The van der Waals surface area contributed by atoms with Crippen LogP contribution in [0.15, 0.2) is 42.5 Å². The van der Waals surface area contributed by atoms with Crippen LogP contribution in [0.4, 0.5) is 0 Å². The van der Waals surface area contributed by atoms with Gasteiger partial charge in [0.25, 0.3) is 0 Å². The molecule has 1 fully saturated rings. The van der Waals surface area contributed by atoms with Gasteiger partial charge in [-0.1, -0.05) is 24.3 Å². The van der Waals surface area contributed by atoms with Crippen molar-refractivity contribution in [2.75, 3.05) is 46.6 Å². The molecule has 0 spiro atoms. The Balaban J connectivity index is 1.20. The van der Waals surface area contributed by atoms with E-state index in [0.29, 0.717) is 19.9 Å². The van der Waals surface area contributed by atoms with E-state index < -0.39 is 0 Å². The van der Waals surface area contributed by atoms with Crippen molar-refractivity contribution in [3.63, 3.8) is 0 Å². The molecule has 2 aromatic rings. The minimum Gasteiger partial charge on any atom is -0.496 e. The molecule has 0 radical (unpaired) electrons. The fraction of sp³-hybridized carbons (Fsp3) is 0.409. The predicted molar refractivity (Wildman–Crippen MR) is 109 cm³/mol. The fourth-order valence-electron chi connectivity index (χ4n) is 3.70. The summed E-state index contributed by atoms with van der Waals surface area (Å²) in [5.41, 5.74) is 2.20. The van der Waals surface area contributed by atoms with E-state index in [-0.39, 0.29) is 5.91 Å². The number of hydrogen-bond donors (Lipinski definition) is 1. The third kappa shape index (κ3) is 4.99. The summed E-state index contributed by atoms with van der Waals surface area (Å²) in [6.45, 7) is 5.72. The summed E-state index contributed by atoms with van der Waals surface area (Å²) in [4.78, 5) is 16.9. The lowest BCUT2D eigenvalue weighted by Gasteiger charge is -2.34. The van der Waals surface area contributed by atoms with E-state index >= 15 is 0 Å². The van der Waals surface area contributed by atoms with Crippen LogP contribution in [-0.4, -0.2) is 62.3 Å². The zero-order valence-corrected chi connectivity index (χ0v) is 16.7. The van der Waals surface area contributed by atoms with Crippen LogP contribution >= 0.6 is 0 Å². The number of hydrogen-bond acceptors (Lipinski definition) is 6. The van der Waals surface area contributed by atoms with Crippen LogP contribution in [-0.2, 0) is 17.9 Å². The highest BCUT2D eigenvalue weighted by molar-refractivity contribution is 5.78. The Kier molecular flexibility index (Phi) is 6.17. The highest BCUT2D eigenvalue weighted by Gasteiger charge is 2.20. The maximum Gasteiger partial charge on any atom is 0.234 e. The highest BCUT2D eigenvalue weighted by atomic mass is 16.7. The van der Waals surface area contributed by atoms with Gasteiger partial charge in [-0.2, -0.15) is 0 Å². The molecule has 0 aliphatic carbocycles. The van der Waals surface area contributed by atoms with Crippen LogP contribution in [0.25, 0.3) is 0 Å². The number of piperazine rings is 1. The number of carbonyl (C=O) groups is 1. The maximum absolute atomic E-state index is 12.3. The fourth-order valence-corrected chi connectivity index (χ4v) is 3.70. The summed E-state index contributed by atoms with van der Waals surface area (Å²) >= 11 is 0. The number of fused-ring (bicyclic) bond motifs is 1. The number of amides is 1. The van der Waals surface area contributed by atoms with E-state index in [0.717, 1.165) is 55.5 Å². The van der Waals surface area contributed by atoms with Gasteiger partial charge in [0.1, 0.15) is 5.75 Å². The molecule has 0 bridgehead atoms. The summed E-state index contributed by atoms with van der Waals surface area (Å²) < 4.78 is 16.2. The van der Waals surface area contributed by atoms with Gasteiger partial charge in [-0.3, -0.25) is 14.6 Å². The molecule has 0 atom stereocenters. The van der Waals surface area contributed by atoms with Crippen LogP contribution in [0.2, 0.25) is 0 Å². The van der Waals surface area contributed by atoms with E-state index in [2.05, 4.69) is 27.2 Å². The molecule has 154 valence electrons. The first-order valence-corrected chi connectivity index (χ1v) is 9.93. The summed E-state index contributed by atoms with van der Waals surface area (Å²) in [5.74, 6) is 2.48. The summed E-state index contributed by atoms with van der Waals surface area (Å²) in [7, 11) is 1.64. The Morgan fingerprint density at radius 3 is 2.62 bits per heavy atom. The predicted octanol–water partition coefficient (Wildman–Crippen LogP) is 1.86. The molecule has 7 heteroatoms. The van der Waals surface area contributed by atoms with Gasteiger partial charge in [0.2, 0.25) is 12.7 Å². The van der Waals surface area contributed by atoms with Crippen LogP contribution in [0.5, 0.6) is 17.2 Å². The molecule has 2 heterocycles. The number of methoxy groups -OCH3 is 1. The first-order chi connectivity index (χ1) is 14.2. The largest absolute Gasteiger partial charge is 0.496 e. The molecule has 2 aliphatic heterocycles. The monoisotopic (exact) mass is 397 g/mol. The third-order valence-corrected chi connectivity index (χ3v) is 5.34. The van der Waals surface area contributed by atoms with Gasteiger partial charge in [-0.05, 0) is 23.8 Å². The standard InChI is InChI=1S/C22H27N3O4/c1-27-19-5-3-2-4-18(19)13-23-22(26)15-25-10-8-24(9-11-25)14-17-6-7-20-21(12-17)29-16-28-20/h2-7,12H,8-11,13-16H2,1H3,(H,23,26). The van der Waals surface area contributed by atoms with Crippen molar-refractivity contribution in [1.29, 1.82) is 0 Å². The topological polar surface area (TPSA) is 63.3 Å². The van der Waals surface area contributed by atoms with Gasteiger partial charge < -0.3 is 19.5 Å². The first kappa shape index (κ1) is 19.5. The van der Waals surface area contributed by atoms with Gasteiger partial charge in [0.05, 0.1) is 13.7 Å². The lowest BCUT2D eigenvalue weighted by Crippen LogP contribution is -2.49. The number of para-hydroxylation sites is 1. The quantitative estimate of drug-likeness (QED) is 0.770. The van der Waals surface area contributed by atoms with Crippen molar-refractivity contribution in [2.45, 2.75) is 13.1 Å². The Morgan fingerprint density at radius 2 is 1.79 bits per heavy atom. The number of ether oxygens (including phenoxy) is 3. The van der Waals surface area contributed by atoms with Crippen LogP contribution in [0.3, 0.4) is 0 Å². The zero-order chi connectivity index (χ0) is 20.1. The molecule has 2 aliphatic rings. The Bertz CT molecular complexity index is 850. The van der Waals surface area contributed by atoms with E-state index in [9.17, 15) is 4.79 Å². The minimum atomic E-state index is 0.0418. The Morgan fingerprint density at radius 1 is 1.03 bits per heavy atom. The number of nitrogens with zero attached hydrogens (tertiary/aromatic N) is 2. The van der Waals surface area contributed by atoms with Crippen LogP contribution in [0, 0.1) is 0 Å². The lowest BCUT2D eigenvalue weighted by molar-refractivity contribution is -0.122. The maximum atomic E-state index is 12.3. The molecule has 4 rings (SSSR count). The van der Waals surface area contributed by atoms with Crippen molar-refractivity contribution >= 4 is 5.91 Å². The number of rotatable bonds is 7. The molecule has 1 saturated heterocycles. The zero-order valence-electron chi connectivity index (χ0n) is 16.7. The van der Waals surface area contributed by atoms with Crippen molar-refractivity contribution in [3.05, 3.63) is 53.6 Å². The van der Waals surface area contributed by atoms with Gasteiger partial charge in [-0.15, -0.1) is 0 Å². The van der Waals surface area contributed by atoms with Gasteiger partial charge in [0, 0.05) is 44.8 Å². The Hall–Kier alpha value is -2.77. The molecule has 0 unspecified atom stereocenters. The van der Waals surface area contributed by atoms with Crippen molar-refractivity contribution in [2.24, 2.45) is 0 Å². The van der Waals surface area contributed by atoms with Gasteiger partial charge in [-0.25, -0.2) is 0 Å². The number of carbonyl (C=O) groups excluding carboxylic acids is 1. The third-order valence-electron chi connectivity index (χ3n) is 5.34. The molecule has 29 heavy (non-hydrogen) atoms. The summed E-state index contributed by atoms with van der Waals surface area (Å²) in [6, 6.07) is 13.9. The van der Waals surface area contributed by atoms with E-state index in [1.54, 1.807) is 7.11 Å². The second-order valence-corrected chi connectivity index (χ2v) is 7.33. The second-order valence-electron chi connectivity index (χ2n) is 7.33. The van der Waals surface area contributed by atoms with Gasteiger partial charge in [0.15, 0.2) is 11.5 Å². The molecule has 2 aromatic carbocycles. The molecule has 1 N–H and O–H groups in total. The van der Waals surface area contributed by atoms with Crippen molar-refractivity contribution in [1.82, 2.24) is 15.1 Å². The Labute approximate surface area is 171 Å². The second kappa shape index (κ2) is 9.15. The SMILES string of the molecule is COc1ccccc1CNC(=O)CN1CCN(Cc2ccc3c(c2)OCO3)CC1. The molecule has 0 saturated carbocycles. The average molecular weight is 397 g/mol. The van der Waals surface area contributed by atoms with E-state index in [1.807, 2.05) is 30.3 Å². The molecular weight excluding hydrogens is 370 g/mol. The smallest absolute Gasteiger partial charge is 0.234 e. The van der Waals surface area contributed by atoms with E-state index in [4.69, 9.17) is 14.2 Å². The molecular formula is C22H27N3O4. The molecule has 7 nitrogen and oxygen atoms in total. The lowest BCUT2D eigenvalue weighted by atomic mass is 10.1. The van der Waals surface area contributed by atoms with Crippen LogP contribution in [0.1, 0.15) is 11.1 Å². The van der Waals surface area contributed by atoms with Crippen molar-refractivity contribution in [3.8, 4) is 17.2 Å². The summed E-state index contributed by atoms with van der Waals surface area (Å²) in [5, 5.41) is 3.00. The minimum absolute atomic E-state index is 0.0418. The summed E-state index contributed by atoms with van der Waals surface area (Å²) in [6.07, 6.45) is 0. The van der Waals surface area contributed by atoms with Gasteiger partial charge >= 0.3 is 0 Å².